The Morgan fingerprint density at radius 2 is 2.00 bits per heavy atom. The number of anilines is 1. The third-order valence-corrected chi connectivity index (χ3v) is 5.81. The molecule has 140 valence electrons. The molecule has 4 rings (SSSR count). The number of hydrogen-bond donors (Lipinski definition) is 0. The van der Waals surface area contributed by atoms with Crippen molar-refractivity contribution in [1.29, 1.82) is 0 Å². The van der Waals surface area contributed by atoms with Gasteiger partial charge < -0.3 is 9.64 Å². The van der Waals surface area contributed by atoms with Crippen molar-refractivity contribution in [3.8, 4) is 11.1 Å². The maximum absolute atomic E-state index is 13.3. The van der Waals surface area contributed by atoms with Gasteiger partial charge in [-0.25, -0.2) is 14.4 Å². The SMILES string of the molecule is CCOC(=O)C1CCN(c2ncnc3scc(-c4ccc(F)cc4)c23)CC1. The molecule has 0 atom stereocenters. The minimum absolute atomic E-state index is 0.0439. The quantitative estimate of drug-likeness (QED) is 0.628. The zero-order valence-electron chi connectivity index (χ0n) is 15.0. The number of rotatable bonds is 4. The Morgan fingerprint density at radius 3 is 2.70 bits per heavy atom. The first-order valence-electron chi connectivity index (χ1n) is 9.07. The first-order valence-corrected chi connectivity index (χ1v) is 9.95. The average molecular weight is 385 g/mol. The summed E-state index contributed by atoms with van der Waals surface area (Å²) in [6.07, 6.45) is 3.08. The Labute approximate surface area is 160 Å². The number of piperidine rings is 1. The second-order valence-corrected chi connectivity index (χ2v) is 7.41. The topological polar surface area (TPSA) is 55.3 Å². The van der Waals surface area contributed by atoms with Crippen LogP contribution in [0.15, 0.2) is 36.0 Å². The van der Waals surface area contributed by atoms with E-state index in [-0.39, 0.29) is 17.7 Å². The molecule has 0 amide bonds. The van der Waals surface area contributed by atoms with Crippen LogP contribution < -0.4 is 4.90 Å². The number of thiophene rings is 1. The Hall–Kier alpha value is -2.54. The Morgan fingerprint density at radius 1 is 1.26 bits per heavy atom. The van der Waals surface area contributed by atoms with Gasteiger partial charge in [-0.05, 0) is 37.5 Å². The summed E-state index contributed by atoms with van der Waals surface area (Å²) in [4.78, 5) is 24.0. The van der Waals surface area contributed by atoms with Crippen LogP contribution in [0.4, 0.5) is 10.2 Å². The zero-order chi connectivity index (χ0) is 18.8. The maximum atomic E-state index is 13.3. The number of halogens is 1. The van der Waals surface area contributed by atoms with Crippen LogP contribution in [0.5, 0.6) is 0 Å². The van der Waals surface area contributed by atoms with Gasteiger partial charge in [0.05, 0.1) is 17.9 Å². The number of hydrogen-bond acceptors (Lipinski definition) is 6. The fraction of sp³-hybridized carbons (Fsp3) is 0.350. The smallest absolute Gasteiger partial charge is 0.309 e. The summed E-state index contributed by atoms with van der Waals surface area (Å²) in [5.74, 6) is 0.476. The highest BCUT2D eigenvalue weighted by Crippen LogP contribution is 2.38. The standard InChI is InChI=1S/C20H20FN3O2S/c1-2-26-20(25)14-7-9-24(10-8-14)18-17-16(11-27-19(17)23-12-22-18)13-3-5-15(21)6-4-13/h3-6,11-12,14H,2,7-10H2,1H3. The normalized spacial score (nSPS) is 15.3. The lowest BCUT2D eigenvalue weighted by Crippen LogP contribution is -2.37. The van der Waals surface area contributed by atoms with Crippen LogP contribution >= 0.6 is 11.3 Å². The third kappa shape index (κ3) is 3.51. The second kappa shape index (κ2) is 7.60. The van der Waals surface area contributed by atoms with E-state index in [0.717, 1.165) is 53.1 Å². The predicted molar refractivity (Wildman–Crippen MR) is 104 cm³/mol. The van der Waals surface area contributed by atoms with Crippen LogP contribution in [-0.2, 0) is 9.53 Å². The van der Waals surface area contributed by atoms with Gasteiger partial charge in [-0.3, -0.25) is 4.79 Å². The molecule has 1 aromatic carbocycles. The minimum Gasteiger partial charge on any atom is -0.466 e. The van der Waals surface area contributed by atoms with Crippen LogP contribution in [0.25, 0.3) is 21.3 Å². The number of esters is 1. The van der Waals surface area contributed by atoms with E-state index >= 15 is 0 Å². The highest BCUT2D eigenvalue weighted by atomic mass is 32.1. The molecule has 0 spiro atoms. The van der Waals surface area contributed by atoms with Crippen molar-refractivity contribution in [3.05, 3.63) is 41.8 Å². The fourth-order valence-electron chi connectivity index (χ4n) is 3.53. The minimum atomic E-state index is -0.254. The molecule has 0 radical (unpaired) electrons. The summed E-state index contributed by atoms with van der Waals surface area (Å²) in [6, 6.07) is 6.49. The summed E-state index contributed by atoms with van der Waals surface area (Å²) in [5.41, 5.74) is 1.96. The molecule has 3 heterocycles. The lowest BCUT2D eigenvalue weighted by molar-refractivity contribution is -0.148. The van der Waals surface area contributed by atoms with Gasteiger partial charge >= 0.3 is 5.97 Å². The van der Waals surface area contributed by atoms with Gasteiger partial charge in [0.1, 0.15) is 22.8 Å². The molecule has 0 saturated carbocycles. The van der Waals surface area contributed by atoms with Crippen LogP contribution in [0.1, 0.15) is 19.8 Å². The number of ether oxygens (including phenoxy) is 1. The van der Waals surface area contributed by atoms with Crippen molar-refractivity contribution in [3.63, 3.8) is 0 Å². The van der Waals surface area contributed by atoms with Crippen LogP contribution in [0.3, 0.4) is 0 Å². The Bertz CT molecular complexity index is 950. The predicted octanol–water partition coefficient (Wildman–Crippen LogP) is 4.28. The summed E-state index contributed by atoms with van der Waals surface area (Å²) in [6.45, 7) is 3.74. The molecule has 0 bridgehead atoms. The van der Waals surface area contributed by atoms with E-state index in [0.29, 0.717) is 6.61 Å². The van der Waals surface area contributed by atoms with Gasteiger partial charge in [0.25, 0.3) is 0 Å². The van der Waals surface area contributed by atoms with Gasteiger partial charge in [0, 0.05) is 24.0 Å². The van der Waals surface area contributed by atoms with E-state index in [2.05, 4.69) is 14.9 Å². The van der Waals surface area contributed by atoms with E-state index in [1.54, 1.807) is 29.8 Å². The van der Waals surface area contributed by atoms with E-state index in [4.69, 9.17) is 4.74 Å². The monoisotopic (exact) mass is 385 g/mol. The van der Waals surface area contributed by atoms with Gasteiger partial charge in [-0.2, -0.15) is 0 Å². The summed E-state index contributed by atoms with van der Waals surface area (Å²) in [7, 11) is 0. The molecule has 1 aliphatic heterocycles. The van der Waals surface area contributed by atoms with Gasteiger partial charge in [0.15, 0.2) is 0 Å². The number of carbonyl (C=O) groups is 1. The molecule has 1 aliphatic rings. The molecule has 5 nitrogen and oxygen atoms in total. The van der Waals surface area contributed by atoms with Crippen LogP contribution in [0, 0.1) is 11.7 Å². The van der Waals surface area contributed by atoms with E-state index in [1.165, 1.54) is 12.1 Å². The van der Waals surface area contributed by atoms with Crippen LogP contribution in [0.2, 0.25) is 0 Å². The molecule has 1 fully saturated rings. The Kier molecular flexibility index (Phi) is 5.03. The third-order valence-electron chi connectivity index (χ3n) is 4.92. The fourth-order valence-corrected chi connectivity index (χ4v) is 4.44. The molecule has 7 heteroatoms. The van der Waals surface area contributed by atoms with Crippen molar-refractivity contribution >= 4 is 33.3 Å². The molecular formula is C20H20FN3O2S. The first kappa shape index (κ1) is 17.9. The van der Waals surface area contributed by atoms with Crippen molar-refractivity contribution in [1.82, 2.24) is 9.97 Å². The van der Waals surface area contributed by atoms with Crippen molar-refractivity contribution in [2.45, 2.75) is 19.8 Å². The molecule has 0 unspecified atom stereocenters. The van der Waals surface area contributed by atoms with Gasteiger partial charge in [-0.15, -0.1) is 11.3 Å². The molecule has 27 heavy (non-hydrogen) atoms. The van der Waals surface area contributed by atoms with Crippen molar-refractivity contribution in [2.75, 3.05) is 24.6 Å². The molecular weight excluding hydrogens is 365 g/mol. The number of carbonyl (C=O) groups excluding carboxylic acids is 1. The first-order chi connectivity index (χ1) is 13.2. The average Bonchev–Trinajstić information content (AvgIpc) is 3.13. The zero-order valence-corrected chi connectivity index (χ0v) is 15.8. The highest BCUT2D eigenvalue weighted by molar-refractivity contribution is 7.17. The number of nitrogens with zero attached hydrogens (tertiary/aromatic N) is 3. The molecule has 0 N–H and O–H groups in total. The molecule has 2 aromatic heterocycles. The number of aromatic nitrogens is 2. The molecule has 3 aromatic rings. The summed E-state index contributed by atoms with van der Waals surface area (Å²) >= 11 is 1.56. The van der Waals surface area contributed by atoms with E-state index < -0.39 is 0 Å². The van der Waals surface area contributed by atoms with Gasteiger partial charge in [0.2, 0.25) is 0 Å². The summed E-state index contributed by atoms with van der Waals surface area (Å²) < 4.78 is 18.5. The van der Waals surface area contributed by atoms with Gasteiger partial charge in [-0.1, -0.05) is 12.1 Å². The second-order valence-electron chi connectivity index (χ2n) is 6.55. The number of fused-ring (bicyclic) bond motifs is 1. The lowest BCUT2D eigenvalue weighted by Gasteiger charge is -2.32. The van der Waals surface area contributed by atoms with Crippen LogP contribution in [-0.4, -0.2) is 35.6 Å². The molecule has 0 aliphatic carbocycles. The Balaban J connectivity index is 1.64. The lowest BCUT2D eigenvalue weighted by atomic mass is 9.96. The van der Waals surface area contributed by atoms with E-state index in [9.17, 15) is 9.18 Å². The highest BCUT2D eigenvalue weighted by Gasteiger charge is 2.28. The summed E-state index contributed by atoms with van der Waals surface area (Å²) in [5, 5.41) is 3.03. The number of benzene rings is 1. The van der Waals surface area contributed by atoms with Crippen molar-refractivity contribution < 1.29 is 13.9 Å². The van der Waals surface area contributed by atoms with Crippen molar-refractivity contribution in [2.24, 2.45) is 5.92 Å². The maximum Gasteiger partial charge on any atom is 0.309 e. The largest absolute Gasteiger partial charge is 0.466 e. The van der Waals surface area contributed by atoms with E-state index in [1.807, 2.05) is 12.3 Å². The molecule has 1 saturated heterocycles.